The van der Waals surface area contributed by atoms with Crippen molar-refractivity contribution in [3.63, 3.8) is 0 Å². The minimum absolute atomic E-state index is 0.380. The molecule has 0 radical (unpaired) electrons. The summed E-state index contributed by atoms with van der Waals surface area (Å²) in [4.78, 5) is 10.9. The number of ether oxygens (including phenoxy) is 1. The molecule has 0 N–H and O–H groups in total. The number of hydrogen-bond acceptors (Lipinski definition) is 4. The van der Waals surface area contributed by atoms with Gasteiger partial charge in [0, 0.05) is 13.1 Å². The maximum absolute atomic E-state index is 6.37. The van der Waals surface area contributed by atoms with Crippen molar-refractivity contribution in [3.05, 3.63) is 40.1 Å². The molecule has 3 rings (SSSR count). The normalized spacial score (nSPS) is 15.3. The molecule has 1 aliphatic rings. The van der Waals surface area contributed by atoms with E-state index in [1.807, 2.05) is 36.1 Å². The predicted molar refractivity (Wildman–Crippen MR) is 85.3 cm³/mol. The van der Waals surface area contributed by atoms with E-state index in [9.17, 15) is 0 Å². The lowest BCUT2D eigenvalue weighted by Crippen LogP contribution is -2.37. The van der Waals surface area contributed by atoms with Crippen molar-refractivity contribution in [3.8, 4) is 11.1 Å². The Bertz CT molecular complexity index is 634. The number of morpholine rings is 1. The molecule has 0 atom stereocenters. The van der Waals surface area contributed by atoms with Gasteiger partial charge in [-0.15, -0.1) is 0 Å². The van der Waals surface area contributed by atoms with Gasteiger partial charge in [-0.05, 0) is 18.1 Å². The van der Waals surface area contributed by atoms with Crippen LogP contribution in [0.15, 0.2) is 24.3 Å². The van der Waals surface area contributed by atoms with E-state index in [0.29, 0.717) is 35.0 Å². The Hall–Kier alpha value is -1.36. The molecule has 1 saturated heterocycles. The molecule has 1 fully saturated rings. The summed E-state index contributed by atoms with van der Waals surface area (Å²) in [6, 6.07) is 7.91. The van der Waals surface area contributed by atoms with Crippen LogP contribution in [0, 0.1) is 6.92 Å². The highest BCUT2D eigenvalue weighted by Gasteiger charge is 2.19. The van der Waals surface area contributed by atoms with E-state index in [1.165, 1.54) is 0 Å². The average molecular weight is 324 g/mol. The Balaban J connectivity index is 2.02. The molecule has 2 aromatic rings. The molecule has 110 valence electrons. The van der Waals surface area contributed by atoms with Crippen LogP contribution < -0.4 is 4.90 Å². The highest BCUT2D eigenvalue weighted by Crippen LogP contribution is 2.35. The molecule has 0 amide bonds. The Kier molecular flexibility index (Phi) is 4.29. The van der Waals surface area contributed by atoms with Gasteiger partial charge in [-0.2, -0.15) is 0 Å². The summed E-state index contributed by atoms with van der Waals surface area (Å²) in [5.74, 6) is 0.561. The maximum atomic E-state index is 6.37. The third kappa shape index (κ3) is 2.98. The highest BCUT2D eigenvalue weighted by atomic mass is 35.5. The Morgan fingerprint density at radius 2 is 1.67 bits per heavy atom. The van der Waals surface area contributed by atoms with Crippen molar-refractivity contribution in [2.75, 3.05) is 31.2 Å². The number of benzene rings is 1. The minimum atomic E-state index is 0.380. The molecule has 1 aromatic carbocycles. The summed E-state index contributed by atoms with van der Waals surface area (Å²) in [6.07, 6.45) is 0. The molecule has 1 aliphatic heterocycles. The average Bonchev–Trinajstić information content (AvgIpc) is 2.49. The predicted octanol–water partition coefficient (Wildman–Crippen LogP) is 3.60. The van der Waals surface area contributed by atoms with E-state index in [0.717, 1.165) is 24.2 Å². The zero-order valence-corrected chi connectivity index (χ0v) is 13.2. The molecular weight excluding hydrogens is 309 g/mol. The van der Waals surface area contributed by atoms with Crippen LogP contribution in [0.4, 0.5) is 5.95 Å². The first kappa shape index (κ1) is 14.6. The van der Waals surface area contributed by atoms with Crippen molar-refractivity contribution in [2.24, 2.45) is 0 Å². The Morgan fingerprint density at radius 3 is 2.29 bits per heavy atom. The van der Waals surface area contributed by atoms with Gasteiger partial charge in [-0.25, -0.2) is 9.97 Å². The lowest BCUT2D eigenvalue weighted by molar-refractivity contribution is 0.122. The second-order valence-corrected chi connectivity index (χ2v) is 5.61. The van der Waals surface area contributed by atoms with E-state index in [-0.39, 0.29) is 0 Å². The van der Waals surface area contributed by atoms with E-state index < -0.39 is 0 Å². The second kappa shape index (κ2) is 6.18. The number of hydrogen-bond donors (Lipinski definition) is 0. The van der Waals surface area contributed by atoms with Crippen molar-refractivity contribution in [1.29, 1.82) is 0 Å². The summed E-state index contributed by atoms with van der Waals surface area (Å²) in [6.45, 7) is 4.83. The van der Waals surface area contributed by atoms with Crippen molar-refractivity contribution < 1.29 is 4.74 Å². The van der Waals surface area contributed by atoms with Gasteiger partial charge < -0.3 is 9.64 Å². The van der Waals surface area contributed by atoms with Crippen LogP contribution in [0.3, 0.4) is 0 Å². The molecule has 21 heavy (non-hydrogen) atoms. The summed E-state index contributed by atoms with van der Waals surface area (Å²) in [5, 5.41) is 0.761. The number of aromatic nitrogens is 2. The van der Waals surface area contributed by atoms with Crippen LogP contribution in [-0.2, 0) is 4.74 Å². The standard InChI is InChI=1S/C15H15Cl2N3O/c1-10-4-2-3-5-11(10)12-13(16)18-15(19-14(12)17)20-6-8-21-9-7-20/h2-5H,6-9H2,1H3. The van der Waals surface area contributed by atoms with Gasteiger partial charge in [0.05, 0.1) is 18.8 Å². The first-order valence-electron chi connectivity index (χ1n) is 6.78. The molecule has 0 unspecified atom stereocenters. The number of halogens is 2. The molecule has 0 bridgehead atoms. The fourth-order valence-corrected chi connectivity index (χ4v) is 2.96. The zero-order chi connectivity index (χ0) is 14.8. The molecule has 0 spiro atoms. The molecule has 0 saturated carbocycles. The van der Waals surface area contributed by atoms with Gasteiger partial charge in [-0.1, -0.05) is 47.5 Å². The van der Waals surface area contributed by atoms with Crippen LogP contribution in [0.5, 0.6) is 0 Å². The lowest BCUT2D eigenvalue weighted by atomic mass is 10.0. The van der Waals surface area contributed by atoms with E-state index in [2.05, 4.69) is 9.97 Å². The smallest absolute Gasteiger partial charge is 0.228 e. The maximum Gasteiger partial charge on any atom is 0.228 e. The molecule has 1 aromatic heterocycles. The van der Waals surface area contributed by atoms with Crippen LogP contribution >= 0.6 is 23.2 Å². The molecule has 4 nitrogen and oxygen atoms in total. The van der Waals surface area contributed by atoms with E-state index in [4.69, 9.17) is 27.9 Å². The zero-order valence-electron chi connectivity index (χ0n) is 11.6. The third-order valence-corrected chi connectivity index (χ3v) is 4.06. The largest absolute Gasteiger partial charge is 0.378 e. The Morgan fingerprint density at radius 1 is 1.05 bits per heavy atom. The highest BCUT2D eigenvalue weighted by molar-refractivity contribution is 6.37. The summed E-state index contributed by atoms with van der Waals surface area (Å²) in [7, 11) is 0. The fraction of sp³-hybridized carbons (Fsp3) is 0.333. The van der Waals surface area contributed by atoms with Gasteiger partial charge in [0.25, 0.3) is 0 Å². The van der Waals surface area contributed by atoms with Gasteiger partial charge in [0.15, 0.2) is 0 Å². The quantitative estimate of drug-likeness (QED) is 0.791. The number of rotatable bonds is 2. The van der Waals surface area contributed by atoms with E-state index in [1.54, 1.807) is 0 Å². The summed E-state index contributed by atoms with van der Waals surface area (Å²) < 4.78 is 5.33. The number of nitrogens with zero attached hydrogens (tertiary/aromatic N) is 3. The van der Waals surface area contributed by atoms with Crippen LogP contribution in [0.25, 0.3) is 11.1 Å². The van der Waals surface area contributed by atoms with Crippen LogP contribution in [0.1, 0.15) is 5.56 Å². The monoisotopic (exact) mass is 323 g/mol. The van der Waals surface area contributed by atoms with Crippen LogP contribution in [0.2, 0.25) is 10.3 Å². The first-order valence-corrected chi connectivity index (χ1v) is 7.54. The third-order valence-electron chi connectivity index (χ3n) is 3.52. The Labute approximate surface area is 133 Å². The molecule has 0 aliphatic carbocycles. The fourth-order valence-electron chi connectivity index (χ4n) is 2.38. The topological polar surface area (TPSA) is 38.2 Å². The summed E-state index contributed by atoms with van der Waals surface area (Å²) >= 11 is 12.7. The van der Waals surface area contributed by atoms with E-state index >= 15 is 0 Å². The molecule has 2 heterocycles. The SMILES string of the molecule is Cc1ccccc1-c1c(Cl)nc(N2CCOCC2)nc1Cl. The van der Waals surface area contributed by atoms with Crippen molar-refractivity contribution in [1.82, 2.24) is 9.97 Å². The van der Waals surface area contributed by atoms with Gasteiger partial charge >= 0.3 is 0 Å². The minimum Gasteiger partial charge on any atom is -0.378 e. The van der Waals surface area contributed by atoms with Gasteiger partial charge in [-0.3, -0.25) is 0 Å². The second-order valence-electron chi connectivity index (χ2n) is 4.89. The van der Waals surface area contributed by atoms with Gasteiger partial charge in [0.1, 0.15) is 10.3 Å². The van der Waals surface area contributed by atoms with Crippen molar-refractivity contribution in [2.45, 2.75) is 6.92 Å². The lowest BCUT2D eigenvalue weighted by Gasteiger charge is -2.27. The summed E-state index contributed by atoms with van der Waals surface area (Å²) in [5.41, 5.74) is 2.73. The van der Waals surface area contributed by atoms with Gasteiger partial charge in [0.2, 0.25) is 5.95 Å². The molecular formula is C15H15Cl2N3O. The first-order chi connectivity index (χ1) is 10.2. The van der Waals surface area contributed by atoms with Crippen molar-refractivity contribution >= 4 is 29.2 Å². The number of anilines is 1. The number of aryl methyl sites for hydroxylation is 1. The molecule has 6 heteroatoms. The van der Waals surface area contributed by atoms with Crippen LogP contribution in [-0.4, -0.2) is 36.3 Å².